The minimum Gasteiger partial charge on any atom is -0.481 e. The van der Waals surface area contributed by atoms with Crippen molar-refractivity contribution in [3.8, 4) is 0 Å². The molecule has 2 fully saturated rings. The predicted molar refractivity (Wildman–Crippen MR) is 77.1 cm³/mol. The SMILES string of the molecule is Cc1ccc(NC(=O)[C@H]2[C@@H](C(=O)O)[C@@H]3CC[C@@H]2O3)cc1C. The Hall–Kier alpha value is -1.88. The zero-order valence-corrected chi connectivity index (χ0v) is 12.1. The maximum absolute atomic E-state index is 12.5. The minimum atomic E-state index is -0.942. The third-order valence-electron chi connectivity index (χ3n) is 4.64. The van der Waals surface area contributed by atoms with Crippen molar-refractivity contribution in [2.24, 2.45) is 11.8 Å². The Labute approximate surface area is 123 Å². The normalized spacial score (nSPS) is 30.4. The Morgan fingerprint density at radius 1 is 1.14 bits per heavy atom. The Morgan fingerprint density at radius 2 is 1.81 bits per heavy atom. The molecule has 2 N–H and O–H groups in total. The van der Waals surface area contributed by atoms with Crippen LogP contribution in [0.15, 0.2) is 18.2 Å². The van der Waals surface area contributed by atoms with E-state index >= 15 is 0 Å². The van der Waals surface area contributed by atoms with Crippen molar-refractivity contribution in [3.63, 3.8) is 0 Å². The molecule has 21 heavy (non-hydrogen) atoms. The fourth-order valence-corrected chi connectivity index (χ4v) is 3.37. The second-order valence-electron chi connectivity index (χ2n) is 5.97. The first-order valence-electron chi connectivity index (χ1n) is 7.24. The summed E-state index contributed by atoms with van der Waals surface area (Å²) in [6.45, 7) is 3.98. The maximum atomic E-state index is 12.5. The number of aliphatic carboxylic acids is 1. The summed E-state index contributed by atoms with van der Waals surface area (Å²) in [4.78, 5) is 23.9. The molecule has 3 rings (SSSR count). The quantitative estimate of drug-likeness (QED) is 0.893. The number of anilines is 1. The largest absolute Gasteiger partial charge is 0.481 e. The highest BCUT2D eigenvalue weighted by atomic mass is 16.5. The van der Waals surface area contributed by atoms with Gasteiger partial charge in [-0.05, 0) is 49.9 Å². The summed E-state index contributed by atoms with van der Waals surface area (Å²) in [5, 5.41) is 12.2. The molecule has 2 aliphatic heterocycles. The first kappa shape index (κ1) is 14.1. The first-order chi connectivity index (χ1) is 9.97. The lowest BCUT2D eigenvalue weighted by atomic mass is 9.78. The van der Waals surface area contributed by atoms with Gasteiger partial charge >= 0.3 is 5.97 Å². The van der Waals surface area contributed by atoms with E-state index in [2.05, 4.69) is 5.32 Å². The third kappa shape index (κ3) is 2.42. The molecule has 1 amide bonds. The molecule has 0 aromatic heterocycles. The number of carboxylic acid groups (broad SMARTS) is 1. The molecule has 0 aliphatic carbocycles. The number of nitrogens with one attached hydrogen (secondary N) is 1. The molecule has 2 saturated heterocycles. The molecule has 0 spiro atoms. The standard InChI is InChI=1S/C16H19NO4/c1-8-3-4-10(7-9(8)2)17-15(18)13-11-5-6-12(21-11)14(13)16(19)20/h3-4,7,11-14H,5-6H2,1-2H3,(H,17,18)(H,19,20)/t11-,12-,13+,14-/m0/s1. The summed E-state index contributed by atoms with van der Waals surface area (Å²) in [6.07, 6.45) is 0.916. The van der Waals surface area contributed by atoms with Gasteiger partial charge in [0, 0.05) is 5.69 Å². The summed E-state index contributed by atoms with van der Waals surface area (Å²) < 4.78 is 5.62. The van der Waals surface area contributed by atoms with Gasteiger partial charge in [-0.3, -0.25) is 9.59 Å². The number of aryl methyl sites for hydroxylation is 2. The molecule has 2 heterocycles. The van der Waals surface area contributed by atoms with E-state index in [-0.39, 0.29) is 18.1 Å². The zero-order valence-electron chi connectivity index (χ0n) is 12.1. The Balaban J connectivity index is 1.78. The van der Waals surface area contributed by atoms with Crippen molar-refractivity contribution in [2.75, 3.05) is 5.32 Å². The predicted octanol–water partition coefficient (Wildman–Crippen LogP) is 2.12. The maximum Gasteiger partial charge on any atom is 0.310 e. The van der Waals surface area contributed by atoms with Crippen LogP contribution in [0.2, 0.25) is 0 Å². The fraction of sp³-hybridized carbons (Fsp3) is 0.500. The monoisotopic (exact) mass is 289 g/mol. The van der Waals surface area contributed by atoms with Gasteiger partial charge < -0.3 is 15.2 Å². The Kier molecular flexibility index (Phi) is 3.45. The Morgan fingerprint density at radius 3 is 2.43 bits per heavy atom. The summed E-state index contributed by atoms with van der Waals surface area (Å²) in [7, 11) is 0. The summed E-state index contributed by atoms with van der Waals surface area (Å²) >= 11 is 0. The van der Waals surface area contributed by atoms with Gasteiger partial charge in [-0.2, -0.15) is 0 Å². The first-order valence-corrected chi connectivity index (χ1v) is 7.24. The number of ether oxygens (including phenoxy) is 1. The summed E-state index contributed by atoms with van der Waals surface area (Å²) in [5.41, 5.74) is 2.95. The molecular formula is C16H19NO4. The number of hydrogen-bond acceptors (Lipinski definition) is 3. The minimum absolute atomic E-state index is 0.252. The van der Waals surface area contributed by atoms with E-state index in [1.54, 1.807) is 0 Å². The average Bonchev–Trinajstić information content (AvgIpc) is 3.03. The van der Waals surface area contributed by atoms with Crippen LogP contribution >= 0.6 is 0 Å². The van der Waals surface area contributed by atoms with Crippen molar-refractivity contribution in [3.05, 3.63) is 29.3 Å². The number of amides is 1. The number of carbonyl (C=O) groups excluding carboxylic acids is 1. The second kappa shape index (κ2) is 5.15. The van der Waals surface area contributed by atoms with Gasteiger partial charge in [-0.15, -0.1) is 0 Å². The van der Waals surface area contributed by atoms with Crippen LogP contribution in [0.4, 0.5) is 5.69 Å². The average molecular weight is 289 g/mol. The molecular weight excluding hydrogens is 270 g/mol. The highest BCUT2D eigenvalue weighted by Gasteiger charge is 2.55. The molecule has 112 valence electrons. The van der Waals surface area contributed by atoms with Gasteiger partial charge in [0.2, 0.25) is 5.91 Å². The van der Waals surface area contributed by atoms with Crippen molar-refractivity contribution in [2.45, 2.75) is 38.9 Å². The van der Waals surface area contributed by atoms with E-state index in [4.69, 9.17) is 4.74 Å². The molecule has 1 aromatic rings. The van der Waals surface area contributed by atoms with Gasteiger partial charge in [0.25, 0.3) is 0 Å². The van der Waals surface area contributed by atoms with Crippen LogP contribution in [0.5, 0.6) is 0 Å². The van der Waals surface area contributed by atoms with Crippen LogP contribution in [-0.2, 0) is 14.3 Å². The van der Waals surface area contributed by atoms with Gasteiger partial charge in [0.05, 0.1) is 24.0 Å². The van der Waals surface area contributed by atoms with Crippen LogP contribution in [0.25, 0.3) is 0 Å². The van der Waals surface area contributed by atoms with Crippen molar-refractivity contribution >= 4 is 17.6 Å². The molecule has 1 aromatic carbocycles. The highest BCUT2D eigenvalue weighted by molar-refractivity contribution is 5.96. The number of carboxylic acids is 1. The van der Waals surface area contributed by atoms with Crippen LogP contribution < -0.4 is 5.32 Å². The molecule has 0 unspecified atom stereocenters. The van der Waals surface area contributed by atoms with Gasteiger partial charge in [-0.1, -0.05) is 6.07 Å². The van der Waals surface area contributed by atoms with Gasteiger partial charge in [-0.25, -0.2) is 0 Å². The second-order valence-corrected chi connectivity index (χ2v) is 5.97. The number of benzene rings is 1. The number of carbonyl (C=O) groups is 2. The van der Waals surface area contributed by atoms with Crippen molar-refractivity contribution < 1.29 is 19.4 Å². The van der Waals surface area contributed by atoms with Gasteiger partial charge in [0.1, 0.15) is 0 Å². The van der Waals surface area contributed by atoms with Crippen molar-refractivity contribution in [1.82, 2.24) is 0 Å². The van der Waals surface area contributed by atoms with E-state index < -0.39 is 17.8 Å². The van der Waals surface area contributed by atoms with Gasteiger partial charge in [0.15, 0.2) is 0 Å². The third-order valence-corrected chi connectivity index (χ3v) is 4.64. The number of fused-ring (bicyclic) bond motifs is 2. The zero-order chi connectivity index (χ0) is 15.1. The topological polar surface area (TPSA) is 75.6 Å². The van der Waals surface area contributed by atoms with E-state index in [0.29, 0.717) is 5.69 Å². The van der Waals surface area contributed by atoms with Crippen LogP contribution in [0.1, 0.15) is 24.0 Å². The molecule has 0 radical (unpaired) electrons. The summed E-state index contributed by atoms with van der Waals surface area (Å²) in [6, 6.07) is 5.68. The van der Waals surface area contributed by atoms with Crippen LogP contribution in [0.3, 0.4) is 0 Å². The highest BCUT2D eigenvalue weighted by Crippen LogP contribution is 2.44. The fourth-order valence-electron chi connectivity index (χ4n) is 3.37. The van der Waals surface area contributed by atoms with Crippen LogP contribution in [-0.4, -0.2) is 29.2 Å². The van der Waals surface area contributed by atoms with Crippen LogP contribution in [0, 0.1) is 25.7 Å². The molecule has 5 heteroatoms. The molecule has 2 bridgehead atoms. The lowest BCUT2D eigenvalue weighted by molar-refractivity contribution is -0.147. The van der Waals surface area contributed by atoms with E-state index in [1.807, 2.05) is 32.0 Å². The lowest BCUT2D eigenvalue weighted by Crippen LogP contribution is -2.40. The molecule has 0 saturated carbocycles. The molecule has 2 aliphatic rings. The smallest absolute Gasteiger partial charge is 0.310 e. The number of hydrogen-bond donors (Lipinski definition) is 2. The van der Waals surface area contributed by atoms with E-state index in [1.165, 1.54) is 0 Å². The molecule has 5 nitrogen and oxygen atoms in total. The Bertz CT molecular complexity index is 598. The van der Waals surface area contributed by atoms with E-state index in [0.717, 1.165) is 24.0 Å². The molecule has 4 atom stereocenters. The summed E-state index contributed by atoms with van der Waals surface area (Å²) in [5.74, 6) is -2.52. The lowest BCUT2D eigenvalue weighted by Gasteiger charge is -2.24. The number of rotatable bonds is 3. The van der Waals surface area contributed by atoms with Crippen molar-refractivity contribution in [1.29, 1.82) is 0 Å². The van der Waals surface area contributed by atoms with E-state index in [9.17, 15) is 14.7 Å².